The lowest BCUT2D eigenvalue weighted by Crippen LogP contribution is -2.21. The van der Waals surface area contributed by atoms with E-state index in [1.54, 1.807) is 24.3 Å². The topological polar surface area (TPSA) is 117 Å². The summed E-state index contributed by atoms with van der Waals surface area (Å²) < 4.78 is 31.7. The Morgan fingerprint density at radius 1 is 1.07 bits per heavy atom. The number of ether oxygens (including phenoxy) is 1. The number of carbonyl (C=O) groups is 1. The second-order valence-electron chi connectivity index (χ2n) is 6.45. The molecule has 1 aromatic heterocycles. The van der Waals surface area contributed by atoms with Crippen molar-refractivity contribution in [2.45, 2.75) is 24.0 Å². The van der Waals surface area contributed by atoms with Gasteiger partial charge < -0.3 is 10.5 Å². The highest BCUT2D eigenvalue weighted by Gasteiger charge is 2.28. The van der Waals surface area contributed by atoms with Crippen molar-refractivity contribution in [1.82, 2.24) is 14.8 Å². The molecule has 3 rings (SSSR count). The van der Waals surface area contributed by atoms with Gasteiger partial charge in [-0.3, -0.25) is 9.36 Å². The summed E-state index contributed by atoms with van der Waals surface area (Å²) >= 11 is 0. The molecule has 152 valence electrons. The van der Waals surface area contributed by atoms with Gasteiger partial charge >= 0.3 is 5.97 Å². The quantitative estimate of drug-likeness (QED) is 0.559. The average molecular weight is 414 g/mol. The Morgan fingerprint density at radius 2 is 1.69 bits per heavy atom. The fourth-order valence-corrected chi connectivity index (χ4v) is 4.17. The Hall–Kier alpha value is -3.04. The van der Waals surface area contributed by atoms with Crippen molar-refractivity contribution < 1.29 is 17.9 Å². The fourth-order valence-electron chi connectivity index (χ4n) is 2.91. The number of hydrogen-bond acceptors (Lipinski definition) is 7. The van der Waals surface area contributed by atoms with Crippen LogP contribution >= 0.6 is 0 Å². The summed E-state index contributed by atoms with van der Waals surface area (Å²) in [7, 11) is -2.69. The Balaban J connectivity index is 2.01. The highest BCUT2D eigenvalue weighted by Crippen LogP contribution is 2.23. The molecule has 0 aliphatic carbocycles. The number of nitrogens with zero attached hydrogens (tertiary/aromatic N) is 3. The van der Waals surface area contributed by atoms with Crippen molar-refractivity contribution >= 4 is 15.8 Å². The zero-order chi connectivity index (χ0) is 20.9. The van der Waals surface area contributed by atoms with E-state index >= 15 is 0 Å². The van der Waals surface area contributed by atoms with Crippen LogP contribution in [0.5, 0.6) is 0 Å². The summed E-state index contributed by atoms with van der Waals surface area (Å²) in [5, 5.41) is 7.77. The van der Waals surface area contributed by atoms with Crippen molar-refractivity contribution in [3.8, 4) is 5.69 Å². The fraction of sp³-hybridized carbons (Fsp3) is 0.250. The predicted octanol–water partition coefficient (Wildman–Crippen LogP) is 1.85. The van der Waals surface area contributed by atoms with Gasteiger partial charge in [0, 0.05) is 5.69 Å². The van der Waals surface area contributed by atoms with Crippen LogP contribution in [0.25, 0.3) is 5.69 Å². The summed E-state index contributed by atoms with van der Waals surface area (Å²) in [4.78, 5) is 11.4. The normalized spacial score (nSPS) is 12.5. The molecular formula is C20H22N4O4S. The van der Waals surface area contributed by atoms with Gasteiger partial charge in [-0.05, 0) is 24.1 Å². The molecule has 0 fully saturated rings. The first-order valence-electron chi connectivity index (χ1n) is 9.02. The van der Waals surface area contributed by atoms with Crippen LogP contribution in [0.4, 0.5) is 0 Å². The maximum atomic E-state index is 12.9. The van der Waals surface area contributed by atoms with Crippen LogP contribution in [-0.2, 0) is 25.8 Å². The zero-order valence-electron chi connectivity index (χ0n) is 15.9. The highest BCUT2D eigenvalue weighted by atomic mass is 32.2. The van der Waals surface area contributed by atoms with Crippen LogP contribution in [0.15, 0.2) is 65.8 Å². The SMILES string of the molecule is COC(=O)CCS(=O)(=O)c1nnc([C@@H](N)Cc2ccccc2)n1-c1ccccc1. The first kappa shape index (κ1) is 20.7. The van der Waals surface area contributed by atoms with E-state index in [4.69, 9.17) is 5.73 Å². The van der Waals surface area contributed by atoms with E-state index in [2.05, 4.69) is 14.9 Å². The molecule has 0 bridgehead atoms. The Bertz CT molecular complexity index is 1070. The number of aromatic nitrogens is 3. The van der Waals surface area contributed by atoms with Gasteiger partial charge in [-0.25, -0.2) is 8.42 Å². The molecule has 0 saturated heterocycles. The number of hydrogen-bond donors (Lipinski definition) is 1. The van der Waals surface area contributed by atoms with Gasteiger partial charge in [0.05, 0.1) is 25.3 Å². The van der Waals surface area contributed by atoms with Gasteiger partial charge in [0.1, 0.15) is 0 Å². The van der Waals surface area contributed by atoms with Crippen LogP contribution in [0, 0.1) is 0 Å². The van der Waals surface area contributed by atoms with Gasteiger partial charge in [0.25, 0.3) is 5.16 Å². The van der Waals surface area contributed by atoms with E-state index in [0.29, 0.717) is 17.9 Å². The van der Waals surface area contributed by atoms with Gasteiger partial charge in [0.2, 0.25) is 9.84 Å². The molecule has 0 unspecified atom stereocenters. The predicted molar refractivity (Wildman–Crippen MR) is 107 cm³/mol. The molecule has 0 amide bonds. The smallest absolute Gasteiger partial charge is 0.306 e. The summed E-state index contributed by atoms with van der Waals surface area (Å²) in [6.07, 6.45) is 0.194. The van der Waals surface area contributed by atoms with Crippen molar-refractivity contribution in [3.05, 3.63) is 72.1 Å². The maximum Gasteiger partial charge on any atom is 0.306 e. The molecule has 8 nitrogen and oxygen atoms in total. The standard InChI is InChI=1S/C20H22N4O4S/c1-28-18(25)12-13-29(26,27)20-23-22-19(24(20)16-10-6-3-7-11-16)17(21)14-15-8-4-2-5-9-15/h2-11,17H,12-14,21H2,1H3/t17-/m0/s1. The van der Waals surface area contributed by atoms with Crippen LogP contribution < -0.4 is 5.73 Å². The summed E-state index contributed by atoms with van der Waals surface area (Å²) in [6.45, 7) is 0. The van der Waals surface area contributed by atoms with Gasteiger partial charge in [-0.2, -0.15) is 0 Å². The van der Waals surface area contributed by atoms with E-state index in [-0.39, 0.29) is 11.6 Å². The summed E-state index contributed by atoms with van der Waals surface area (Å²) in [6, 6.07) is 17.9. The monoisotopic (exact) mass is 414 g/mol. The van der Waals surface area contributed by atoms with Gasteiger partial charge in [-0.1, -0.05) is 48.5 Å². The lowest BCUT2D eigenvalue weighted by Gasteiger charge is -2.15. The molecule has 2 N–H and O–H groups in total. The van der Waals surface area contributed by atoms with Crippen LogP contribution in [-0.4, -0.2) is 42.0 Å². The second kappa shape index (κ2) is 8.97. The third-order valence-electron chi connectivity index (χ3n) is 4.38. The zero-order valence-corrected chi connectivity index (χ0v) is 16.7. The minimum absolute atomic E-state index is 0.244. The molecule has 0 aliphatic heterocycles. The molecule has 1 atom stereocenters. The maximum absolute atomic E-state index is 12.9. The minimum Gasteiger partial charge on any atom is -0.469 e. The molecule has 29 heavy (non-hydrogen) atoms. The number of esters is 1. The first-order valence-corrected chi connectivity index (χ1v) is 10.7. The second-order valence-corrected chi connectivity index (χ2v) is 8.46. The van der Waals surface area contributed by atoms with E-state index in [1.165, 1.54) is 11.7 Å². The molecule has 0 aliphatic rings. The highest BCUT2D eigenvalue weighted by molar-refractivity contribution is 7.91. The van der Waals surface area contributed by atoms with E-state index in [0.717, 1.165) is 5.56 Å². The number of rotatable bonds is 8. The Labute approximate surface area is 169 Å². The van der Waals surface area contributed by atoms with Crippen molar-refractivity contribution in [2.24, 2.45) is 5.73 Å². The number of para-hydroxylation sites is 1. The van der Waals surface area contributed by atoms with Crippen molar-refractivity contribution in [2.75, 3.05) is 12.9 Å². The van der Waals surface area contributed by atoms with Crippen LogP contribution in [0.1, 0.15) is 23.9 Å². The van der Waals surface area contributed by atoms with Gasteiger partial charge in [0.15, 0.2) is 5.82 Å². The molecule has 0 saturated carbocycles. The Kier molecular flexibility index (Phi) is 6.40. The Morgan fingerprint density at radius 3 is 2.31 bits per heavy atom. The molecule has 3 aromatic rings. The third kappa shape index (κ3) is 4.87. The molecule has 2 aromatic carbocycles. The van der Waals surface area contributed by atoms with Crippen LogP contribution in [0.3, 0.4) is 0 Å². The third-order valence-corrected chi connectivity index (χ3v) is 5.95. The lowest BCUT2D eigenvalue weighted by atomic mass is 10.1. The molecule has 0 spiro atoms. The number of nitrogens with two attached hydrogens (primary N) is 1. The number of benzene rings is 2. The summed E-state index contributed by atoms with van der Waals surface area (Å²) in [5.74, 6) is -0.712. The largest absolute Gasteiger partial charge is 0.469 e. The van der Waals surface area contributed by atoms with Crippen molar-refractivity contribution in [3.63, 3.8) is 0 Å². The first-order chi connectivity index (χ1) is 13.9. The van der Waals surface area contributed by atoms with E-state index in [1.807, 2.05) is 36.4 Å². The number of sulfone groups is 1. The lowest BCUT2D eigenvalue weighted by molar-refractivity contribution is -0.140. The minimum atomic E-state index is -3.90. The van der Waals surface area contributed by atoms with E-state index < -0.39 is 27.6 Å². The van der Waals surface area contributed by atoms with Crippen LogP contribution in [0.2, 0.25) is 0 Å². The molecule has 1 heterocycles. The average Bonchev–Trinajstić information content (AvgIpc) is 3.20. The number of methoxy groups -OCH3 is 1. The molecule has 0 radical (unpaired) electrons. The van der Waals surface area contributed by atoms with Crippen molar-refractivity contribution in [1.29, 1.82) is 0 Å². The molecule has 9 heteroatoms. The summed E-state index contributed by atoms with van der Waals surface area (Å²) in [5.41, 5.74) is 7.95. The van der Waals surface area contributed by atoms with E-state index in [9.17, 15) is 13.2 Å². The van der Waals surface area contributed by atoms with Gasteiger partial charge in [-0.15, -0.1) is 10.2 Å². The molecular weight excluding hydrogens is 392 g/mol. The number of carbonyl (C=O) groups excluding carboxylic acids is 1.